The smallest absolute Gasteiger partial charge is 0.162 e. The second-order valence-corrected chi connectivity index (χ2v) is 11.7. The molecule has 3 aliphatic rings. The molecule has 0 nitrogen and oxygen atoms in total. The number of halogens is 2. The number of hydrogen-bond donors (Lipinski definition) is 0. The van der Waals surface area contributed by atoms with Crippen LogP contribution in [0.2, 0.25) is 0 Å². The summed E-state index contributed by atoms with van der Waals surface area (Å²) in [6.45, 7) is 4.66. The molecule has 3 aliphatic carbocycles. The van der Waals surface area contributed by atoms with Gasteiger partial charge in [-0.15, -0.1) is 0 Å². The molecule has 184 valence electrons. The lowest BCUT2D eigenvalue weighted by molar-refractivity contribution is 0.158. The number of benzene rings is 1. The minimum Gasteiger partial charge on any atom is -0.203 e. The Bertz CT molecular complexity index is 757. The monoisotopic (exact) mass is 456 g/mol. The zero-order chi connectivity index (χ0) is 23.2. The predicted octanol–water partition coefficient (Wildman–Crippen LogP) is 9.77. The van der Waals surface area contributed by atoms with E-state index in [4.69, 9.17) is 0 Å². The highest BCUT2D eigenvalue weighted by Gasteiger charge is 2.32. The van der Waals surface area contributed by atoms with E-state index in [1.165, 1.54) is 70.6 Å². The molecule has 33 heavy (non-hydrogen) atoms. The molecule has 0 unspecified atom stereocenters. The highest BCUT2D eigenvalue weighted by Crippen LogP contribution is 2.45. The molecule has 0 atom stereocenters. The van der Waals surface area contributed by atoms with E-state index in [0.29, 0.717) is 23.5 Å². The van der Waals surface area contributed by atoms with Gasteiger partial charge in [0.15, 0.2) is 11.6 Å². The van der Waals surface area contributed by atoms with Crippen LogP contribution in [0.15, 0.2) is 24.3 Å². The summed E-state index contributed by atoms with van der Waals surface area (Å²) in [4.78, 5) is 0. The van der Waals surface area contributed by atoms with Gasteiger partial charge in [-0.1, -0.05) is 70.2 Å². The van der Waals surface area contributed by atoms with E-state index < -0.39 is 11.6 Å². The molecule has 0 amide bonds. The minimum absolute atomic E-state index is 0.199. The maximum atomic E-state index is 15.0. The van der Waals surface area contributed by atoms with Crippen molar-refractivity contribution in [1.29, 1.82) is 0 Å². The highest BCUT2D eigenvalue weighted by molar-refractivity contribution is 5.29. The number of hydrogen-bond acceptors (Lipinski definition) is 0. The van der Waals surface area contributed by atoms with Crippen LogP contribution in [0.1, 0.15) is 121 Å². The Morgan fingerprint density at radius 3 is 2.06 bits per heavy atom. The first-order valence-corrected chi connectivity index (χ1v) is 14.2. The first kappa shape index (κ1) is 24.9. The highest BCUT2D eigenvalue weighted by atomic mass is 19.2. The molecule has 0 N–H and O–H groups in total. The average molecular weight is 457 g/mol. The molecule has 1 aromatic rings. The van der Waals surface area contributed by atoms with Crippen molar-refractivity contribution in [3.05, 3.63) is 47.0 Å². The minimum atomic E-state index is -0.590. The molecular formula is C31H46F2. The Morgan fingerprint density at radius 1 is 0.788 bits per heavy atom. The van der Waals surface area contributed by atoms with Gasteiger partial charge in [-0.25, -0.2) is 8.78 Å². The van der Waals surface area contributed by atoms with E-state index in [9.17, 15) is 4.39 Å². The van der Waals surface area contributed by atoms with Crippen LogP contribution in [0, 0.1) is 41.2 Å². The summed E-state index contributed by atoms with van der Waals surface area (Å²) in [5.41, 5.74) is 1.18. The lowest BCUT2D eigenvalue weighted by Gasteiger charge is -2.38. The molecule has 4 rings (SSSR count). The van der Waals surface area contributed by atoms with Gasteiger partial charge in [-0.05, 0) is 111 Å². The summed E-state index contributed by atoms with van der Waals surface area (Å²) in [6, 6.07) is 3.76. The quantitative estimate of drug-likeness (QED) is 0.358. The van der Waals surface area contributed by atoms with Gasteiger partial charge in [-0.2, -0.15) is 0 Å². The fourth-order valence-electron chi connectivity index (χ4n) is 7.09. The standard InChI is InChI=1S/C31H46F2/c1-3-23-12-14-25(15-13-23)26-16-18-27(19-17-26)29-21-20-28(30(32)31(29)33)7-5-4-6-24-10-8-22(2)9-11-24/h4,6,20-27H,3,5,7-19H2,1-2H3/b6-4+. The first-order chi connectivity index (χ1) is 16.0. The molecule has 0 bridgehead atoms. The molecule has 0 aromatic heterocycles. The molecule has 0 spiro atoms. The van der Waals surface area contributed by atoms with Crippen LogP contribution in [0.3, 0.4) is 0 Å². The van der Waals surface area contributed by atoms with Crippen molar-refractivity contribution in [3.8, 4) is 0 Å². The fraction of sp³-hybridized carbons (Fsp3) is 0.742. The maximum absolute atomic E-state index is 15.0. The summed E-state index contributed by atoms with van der Waals surface area (Å²) in [6.07, 6.45) is 22.4. The van der Waals surface area contributed by atoms with Gasteiger partial charge in [0.05, 0.1) is 0 Å². The molecule has 0 heterocycles. The van der Waals surface area contributed by atoms with Crippen molar-refractivity contribution in [3.63, 3.8) is 0 Å². The van der Waals surface area contributed by atoms with Crippen LogP contribution in [0.5, 0.6) is 0 Å². The van der Waals surface area contributed by atoms with Crippen LogP contribution >= 0.6 is 0 Å². The van der Waals surface area contributed by atoms with E-state index in [1.54, 1.807) is 0 Å². The van der Waals surface area contributed by atoms with Crippen molar-refractivity contribution >= 4 is 0 Å². The van der Waals surface area contributed by atoms with Crippen molar-refractivity contribution < 1.29 is 8.78 Å². The van der Waals surface area contributed by atoms with Crippen LogP contribution < -0.4 is 0 Å². The SMILES string of the molecule is CCC1CCC(C2CCC(c3ccc(CC/C=C/C4CCC(C)CC4)c(F)c3F)CC2)CC1. The van der Waals surface area contributed by atoms with E-state index in [2.05, 4.69) is 26.0 Å². The summed E-state index contributed by atoms with van der Waals surface area (Å²) in [5.74, 6) is 3.22. The van der Waals surface area contributed by atoms with Crippen molar-refractivity contribution in [2.24, 2.45) is 29.6 Å². The van der Waals surface area contributed by atoms with Crippen LogP contribution in [-0.2, 0) is 6.42 Å². The molecule has 3 fully saturated rings. The molecule has 0 aliphatic heterocycles. The Balaban J connectivity index is 1.26. The molecular weight excluding hydrogens is 410 g/mol. The summed E-state index contributed by atoms with van der Waals surface area (Å²) < 4.78 is 29.9. The average Bonchev–Trinajstić information content (AvgIpc) is 2.86. The van der Waals surface area contributed by atoms with Crippen molar-refractivity contribution in [1.82, 2.24) is 0 Å². The van der Waals surface area contributed by atoms with Crippen molar-refractivity contribution in [2.75, 3.05) is 0 Å². The third kappa shape index (κ3) is 6.49. The molecule has 1 aromatic carbocycles. The Hall–Kier alpha value is -1.18. The molecule has 0 saturated heterocycles. The van der Waals surface area contributed by atoms with Crippen molar-refractivity contribution in [2.45, 2.75) is 116 Å². The number of allylic oxidation sites excluding steroid dienone is 2. The Morgan fingerprint density at radius 2 is 1.42 bits per heavy atom. The third-order valence-corrected chi connectivity index (χ3v) is 9.59. The largest absolute Gasteiger partial charge is 0.203 e. The van der Waals surface area contributed by atoms with Gasteiger partial charge in [0.25, 0.3) is 0 Å². The Kier molecular flexibility index (Phi) is 9.05. The summed E-state index contributed by atoms with van der Waals surface area (Å²) >= 11 is 0. The van der Waals surface area contributed by atoms with E-state index in [1.807, 2.05) is 12.1 Å². The molecule has 0 radical (unpaired) electrons. The number of aryl methyl sites for hydroxylation is 1. The Labute approximate surface area is 201 Å². The zero-order valence-electron chi connectivity index (χ0n) is 21.1. The van der Waals surface area contributed by atoms with Gasteiger partial charge >= 0.3 is 0 Å². The van der Waals surface area contributed by atoms with Crippen LogP contribution in [0.4, 0.5) is 8.78 Å². The van der Waals surface area contributed by atoms with E-state index >= 15 is 4.39 Å². The topological polar surface area (TPSA) is 0 Å². The predicted molar refractivity (Wildman–Crippen MR) is 135 cm³/mol. The van der Waals surface area contributed by atoms with Gasteiger partial charge in [0.2, 0.25) is 0 Å². The lowest BCUT2D eigenvalue weighted by Crippen LogP contribution is -2.25. The normalized spacial score (nSPS) is 33.5. The lowest BCUT2D eigenvalue weighted by atomic mass is 9.68. The maximum Gasteiger partial charge on any atom is 0.162 e. The van der Waals surface area contributed by atoms with Gasteiger partial charge < -0.3 is 0 Å². The fourth-order valence-corrected chi connectivity index (χ4v) is 7.09. The van der Waals surface area contributed by atoms with E-state index in [0.717, 1.165) is 42.9 Å². The van der Waals surface area contributed by atoms with Gasteiger partial charge in [-0.3, -0.25) is 0 Å². The van der Waals surface area contributed by atoms with Gasteiger partial charge in [0.1, 0.15) is 0 Å². The molecule has 3 saturated carbocycles. The third-order valence-electron chi connectivity index (χ3n) is 9.59. The second kappa shape index (κ2) is 12.0. The van der Waals surface area contributed by atoms with E-state index in [-0.39, 0.29) is 5.92 Å². The summed E-state index contributed by atoms with van der Waals surface area (Å²) in [5, 5.41) is 0. The number of rotatable bonds is 7. The molecule has 2 heteroatoms. The summed E-state index contributed by atoms with van der Waals surface area (Å²) in [7, 11) is 0. The van der Waals surface area contributed by atoms with Crippen LogP contribution in [-0.4, -0.2) is 0 Å². The zero-order valence-corrected chi connectivity index (χ0v) is 21.1. The second-order valence-electron chi connectivity index (χ2n) is 11.7. The van der Waals surface area contributed by atoms with Gasteiger partial charge in [0, 0.05) is 0 Å². The van der Waals surface area contributed by atoms with Crippen LogP contribution in [0.25, 0.3) is 0 Å². The first-order valence-electron chi connectivity index (χ1n) is 14.2.